The minimum atomic E-state index is -0.705. The molecule has 0 saturated heterocycles. The average molecular weight is 280 g/mol. The van der Waals surface area contributed by atoms with E-state index in [1.54, 1.807) is 13.0 Å². The van der Waals surface area contributed by atoms with E-state index in [4.69, 9.17) is 11.6 Å². The molecule has 2 N–H and O–H groups in total. The van der Waals surface area contributed by atoms with Crippen LogP contribution in [0.5, 0.6) is 5.75 Å². The van der Waals surface area contributed by atoms with Gasteiger partial charge in [0.05, 0.1) is 16.3 Å². The molecule has 0 aromatic heterocycles. The van der Waals surface area contributed by atoms with E-state index in [1.807, 2.05) is 0 Å². The highest BCUT2D eigenvalue weighted by Gasteiger charge is 2.14. The minimum Gasteiger partial charge on any atom is -0.507 e. The van der Waals surface area contributed by atoms with Gasteiger partial charge in [-0.15, -0.1) is 0 Å². The van der Waals surface area contributed by atoms with Crippen molar-refractivity contribution < 1.29 is 14.3 Å². The number of aryl methyl sites for hydroxylation is 1. The van der Waals surface area contributed by atoms with E-state index in [9.17, 15) is 14.3 Å². The van der Waals surface area contributed by atoms with Gasteiger partial charge in [-0.3, -0.25) is 4.79 Å². The Morgan fingerprint density at radius 1 is 1.32 bits per heavy atom. The van der Waals surface area contributed by atoms with Crippen LogP contribution in [0.4, 0.5) is 10.1 Å². The summed E-state index contributed by atoms with van der Waals surface area (Å²) in [6.45, 7) is 1.79. The smallest absolute Gasteiger partial charge is 0.259 e. The van der Waals surface area contributed by atoms with Gasteiger partial charge in [-0.05, 0) is 36.8 Å². The van der Waals surface area contributed by atoms with E-state index in [1.165, 1.54) is 30.3 Å². The molecule has 0 spiro atoms. The second kappa shape index (κ2) is 5.28. The molecule has 0 atom stereocenters. The number of carbonyl (C=O) groups excluding carboxylic acids is 1. The molecular formula is C14H11ClFNO2. The Morgan fingerprint density at radius 2 is 2.05 bits per heavy atom. The first-order valence-electron chi connectivity index (χ1n) is 5.54. The average Bonchev–Trinajstić information content (AvgIpc) is 2.34. The molecule has 3 nitrogen and oxygen atoms in total. The highest BCUT2D eigenvalue weighted by atomic mass is 35.5. The van der Waals surface area contributed by atoms with E-state index in [0.717, 1.165) is 5.56 Å². The largest absolute Gasteiger partial charge is 0.507 e. The summed E-state index contributed by atoms with van der Waals surface area (Å²) < 4.78 is 13.6. The van der Waals surface area contributed by atoms with Gasteiger partial charge in [0, 0.05) is 0 Å². The SMILES string of the molecule is Cc1ccc(C(=O)Nc2cccc(Cl)c2F)c(O)c1. The molecule has 0 aliphatic rings. The third-order valence-corrected chi connectivity index (χ3v) is 2.89. The first-order valence-corrected chi connectivity index (χ1v) is 5.92. The van der Waals surface area contributed by atoms with Gasteiger partial charge in [0.15, 0.2) is 5.82 Å². The summed E-state index contributed by atoms with van der Waals surface area (Å²) >= 11 is 5.62. The summed E-state index contributed by atoms with van der Waals surface area (Å²) in [6.07, 6.45) is 0. The lowest BCUT2D eigenvalue weighted by Gasteiger charge is -2.08. The first kappa shape index (κ1) is 13.4. The molecule has 2 aromatic rings. The standard InChI is InChI=1S/C14H11ClFNO2/c1-8-5-6-9(12(18)7-8)14(19)17-11-4-2-3-10(15)13(11)16/h2-7,18H,1H3,(H,17,19). The van der Waals surface area contributed by atoms with E-state index < -0.39 is 11.7 Å². The predicted molar refractivity (Wildman–Crippen MR) is 72.2 cm³/mol. The van der Waals surface area contributed by atoms with Crippen LogP contribution in [0.1, 0.15) is 15.9 Å². The second-order valence-electron chi connectivity index (χ2n) is 4.08. The van der Waals surface area contributed by atoms with E-state index in [2.05, 4.69) is 5.32 Å². The van der Waals surface area contributed by atoms with Crippen molar-refractivity contribution in [2.24, 2.45) is 0 Å². The fraction of sp³-hybridized carbons (Fsp3) is 0.0714. The number of phenolic OH excluding ortho intramolecular Hbond substituents is 1. The maximum atomic E-state index is 13.6. The lowest BCUT2D eigenvalue weighted by Crippen LogP contribution is -2.13. The Balaban J connectivity index is 2.28. The number of amides is 1. The Morgan fingerprint density at radius 3 is 2.74 bits per heavy atom. The van der Waals surface area contributed by atoms with Crippen molar-refractivity contribution in [1.29, 1.82) is 0 Å². The van der Waals surface area contributed by atoms with Gasteiger partial charge >= 0.3 is 0 Å². The summed E-state index contributed by atoms with van der Waals surface area (Å²) in [4.78, 5) is 11.9. The molecule has 1 amide bonds. The predicted octanol–water partition coefficient (Wildman–Crippen LogP) is 3.75. The zero-order valence-corrected chi connectivity index (χ0v) is 10.8. The highest BCUT2D eigenvalue weighted by Crippen LogP contribution is 2.24. The van der Waals surface area contributed by atoms with Crippen molar-refractivity contribution in [1.82, 2.24) is 0 Å². The summed E-state index contributed by atoms with van der Waals surface area (Å²) in [7, 11) is 0. The highest BCUT2D eigenvalue weighted by molar-refractivity contribution is 6.31. The number of carbonyl (C=O) groups is 1. The number of phenols is 1. The molecule has 0 saturated carbocycles. The van der Waals surface area contributed by atoms with Crippen LogP contribution in [0.15, 0.2) is 36.4 Å². The normalized spacial score (nSPS) is 10.3. The first-order chi connectivity index (χ1) is 8.99. The van der Waals surface area contributed by atoms with Gasteiger partial charge in [0.2, 0.25) is 0 Å². The van der Waals surface area contributed by atoms with Crippen LogP contribution in [0.3, 0.4) is 0 Å². The fourth-order valence-electron chi connectivity index (χ4n) is 1.62. The number of benzene rings is 2. The van der Waals surface area contributed by atoms with Crippen molar-refractivity contribution in [3.8, 4) is 5.75 Å². The molecule has 5 heteroatoms. The van der Waals surface area contributed by atoms with E-state index in [0.29, 0.717) is 0 Å². The van der Waals surface area contributed by atoms with E-state index in [-0.39, 0.29) is 22.0 Å². The van der Waals surface area contributed by atoms with Crippen LogP contribution < -0.4 is 5.32 Å². The molecule has 19 heavy (non-hydrogen) atoms. The van der Waals surface area contributed by atoms with Crippen molar-refractivity contribution in [2.75, 3.05) is 5.32 Å². The van der Waals surface area contributed by atoms with Crippen LogP contribution in [0, 0.1) is 12.7 Å². The van der Waals surface area contributed by atoms with Crippen LogP contribution in [0.25, 0.3) is 0 Å². The van der Waals surface area contributed by atoms with Gasteiger partial charge in [-0.1, -0.05) is 23.7 Å². The topological polar surface area (TPSA) is 49.3 Å². The number of aromatic hydroxyl groups is 1. The van der Waals surface area contributed by atoms with Crippen molar-refractivity contribution >= 4 is 23.2 Å². The van der Waals surface area contributed by atoms with Gasteiger partial charge in [0.25, 0.3) is 5.91 Å². The number of nitrogens with one attached hydrogen (secondary N) is 1. The minimum absolute atomic E-state index is 0.0301. The zero-order valence-electron chi connectivity index (χ0n) is 10.1. The van der Waals surface area contributed by atoms with Crippen LogP contribution >= 0.6 is 11.6 Å². The summed E-state index contributed by atoms with van der Waals surface area (Å²) in [5, 5.41) is 12.0. The lowest BCUT2D eigenvalue weighted by molar-refractivity contribution is 0.102. The van der Waals surface area contributed by atoms with Crippen molar-refractivity contribution in [3.05, 3.63) is 58.4 Å². The Bertz CT molecular complexity index is 643. The molecule has 0 unspecified atom stereocenters. The van der Waals surface area contributed by atoms with Crippen LogP contribution in [-0.2, 0) is 0 Å². The van der Waals surface area contributed by atoms with Gasteiger partial charge in [0.1, 0.15) is 5.75 Å². The summed E-state index contributed by atoms with van der Waals surface area (Å²) in [5.74, 6) is -1.46. The van der Waals surface area contributed by atoms with Gasteiger partial charge in [-0.25, -0.2) is 4.39 Å². The molecule has 0 heterocycles. The maximum Gasteiger partial charge on any atom is 0.259 e. The van der Waals surface area contributed by atoms with Gasteiger partial charge in [-0.2, -0.15) is 0 Å². The second-order valence-corrected chi connectivity index (χ2v) is 4.48. The van der Waals surface area contributed by atoms with Crippen LogP contribution in [-0.4, -0.2) is 11.0 Å². The molecule has 2 rings (SSSR count). The number of anilines is 1. The molecule has 98 valence electrons. The molecule has 0 aliphatic carbocycles. The van der Waals surface area contributed by atoms with Crippen molar-refractivity contribution in [3.63, 3.8) is 0 Å². The number of hydrogen-bond donors (Lipinski definition) is 2. The molecule has 0 bridgehead atoms. The Labute approximate surface area is 114 Å². The number of halogens is 2. The monoisotopic (exact) mass is 279 g/mol. The summed E-state index contributed by atoms with van der Waals surface area (Å²) in [5.41, 5.74) is 0.866. The van der Waals surface area contributed by atoms with E-state index >= 15 is 0 Å². The number of hydrogen-bond acceptors (Lipinski definition) is 2. The molecule has 0 fully saturated rings. The molecule has 0 aliphatic heterocycles. The quantitative estimate of drug-likeness (QED) is 0.880. The maximum absolute atomic E-state index is 13.6. The molecular weight excluding hydrogens is 269 g/mol. The Kier molecular flexibility index (Phi) is 3.71. The third-order valence-electron chi connectivity index (χ3n) is 2.60. The molecule has 2 aromatic carbocycles. The lowest BCUT2D eigenvalue weighted by atomic mass is 10.1. The number of rotatable bonds is 2. The van der Waals surface area contributed by atoms with Crippen molar-refractivity contribution in [2.45, 2.75) is 6.92 Å². The Hall–Kier alpha value is -2.07. The van der Waals surface area contributed by atoms with Crippen LogP contribution in [0.2, 0.25) is 5.02 Å². The fourth-order valence-corrected chi connectivity index (χ4v) is 1.80. The molecule has 0 radical (unpaired) electrons. The third kappa shape index (κ3) is 2.85. The summed E-state index contributed by atoms with van der Waals surface area (Å²) in [6, 6.07) is 8.92. The van der Waals surface area contributed by atoms with Gasteiger partial charge < -0.3 is 10.4 Å². The zero-order chi connectivity index (χ0) is 14.0.